The molecular formula is C9H17NO2. The van der Waals surface area contributed by atoms with Gasteiger partial charge in [-0.25, -0.2) is 0 Å². The average Bonchev–Trinajstić information content (AvgIpc) is 2.83. The van der Waals surface area contributed by atoms with Crippen molar-refractivity contribution in [2.45, 2.75) is 37.3 Å². The molecule has 1 saturated carbocycles. The third kappa shape index (κ3) is 1.26. The zero-order valence-electron chi connectivity index (χ0n) is 7.33. The van der Waals surface area contributed by atoms with E-state index in [1.807, 2.05) is 0 Å². The lowest BCUT2D eigenvalue weighted by atomic mass is 9.89. The molecule has 3 heteroatoms. The fourth-order valence-corrected chi connectivity index (χ4v) is 2.10. The summed E-state index contributed by atoms with van der Waals surface area (Å²) in [5.41, 5.74) is 5.66. The van der Waals surface area contributed by atoms with E-state index >= 15 is 0 Å². The predicted molar refractivity (Wildman–Crippen MR) is 45.7 cm³/mol. The van der Waals surface area contributed by atoms with Gasteiger partial charge in [-0.1, -0.05) is 0 Å². The average molecular weight is 171 g/mol. The third-order valence-corrected chi connectivity index (χ3v) is 3.14. The molecule has 2 rings (SSSR count). The van der Waals surface area contributed by atoms with Crippen molar-refractivity contribution in [3.05, 3.63) is 0 Å². The van der Waals surface area contributed by atoms with Gasteiger partial charge < -0.3 is 15.6 Å². The highest BCUT2D eigenvalue weighted by atomic mass is 16.5. The van der Waals surface area contributed by atoms with Gasteiger partial charge in [0.2, 0.25) is 0 Å². The Balaban J connectivity index is 2.03. The van der Waals surface area contributed by atoms with E-state index in [9.17, 15) is 5.11 Å². The van der Waals surface area contributed by atoms with Crippen LogP contribution in [0.25, 0.3) is 0 Å². The van der Waals surface area contributed by atoms with Crippen molar-refractivity contribution in [3.8, 4) is 0 Å². The van der Waals surface area contributed by atoms with E-state index in [2.05, 4.69) is 0 Å². The maximum absolute atomic E-state index is 9.26. The van der Waals surface area contributed by atoms with Crippen molar-refractivity contribution in [1.29, 1.82) is 0 Å². The Morgan fingerprint density at radius 2 is 2.33 bits per heavy atom. The van der Waals surface area contributed by atoms with E-state index in [0.29, 0.717) is 5.92 Å². The molecule has 0 radical (unpaired) electrons. The molecule has 70 valence electrons. The lowest BCUT2D eigenvalue weighted by Crippen LogP contribution is -2.51. The number of ether oxygens (including phenoxy) is 1. The van der Waals surface area contributed by atoms with Gasteiger partial charge in [0.1, 0.15) is 5.60 Å². The van der Waals surface area contributed by atoms with Crippen LogP contribution >= 0.6 is 0 Å². The number of hydrogen-bond donors (Lipinski definition) is 2. The molecular weight excluding hydrogens is 154 g/mol. The monoisotopic (exact) mass is 171 g/mol. The van der Waals surface area contributed by atoms with E-state index in [4.69, 9.17) is 10.5 Å². The van der Waals surface area contributed by atoms with E-state index in [1.165, 1.54) is 12.8 Å². The highest BCUT2D eigenvalue weighted by molar-refractivity contribution is 5.01. The van der Waals surface area contributed by atoms with Crippen molar-refractivity contribution in [1.82, 2.24) is 0 Å². The number of hydrogen-bond acceptors (Lipinski definition) is 3. The molecule has 1 aliphatic heterocycles. The smallest absolute Gasteiger partial charge is 0.106 e. The second-order valence-corrected chi connectivity index (χ2v) is 4.04. The molecule has 12 heavy (non-hydrogen) atoms. The van der Waals surface area contributed by atoms with Gasteiger partial charge >= 0.3 is 0 Å². The van der Waals surface area contributed by atoms with Crippen LogP contribution in [0.1, 0.15) is 25.7 Å². The zero-order valence-corrected chi connectivity index (χ0v) is 7.33. The summed E-state index contributed by atoms with van der Waals surface area (Å²) < 4.78 is 5.58. The summed E-state index contributed by atoms with van der Waals surface area (Å²) in [6.45, 7) is 0.853. The van der Waals surface area contributed by atoms with E-state index in [0.717, 1.165) is 19.4 Å². The van der Waals surface area contributed by atoms with Gasteiger partial charge in [-0.2, -0.15) is 0 Å². The molecule has 0 aromatic heterocycles. The SMILES string of the molecule is N[C@H](C1CC1)[C@]1(CO)CCCO1. The van der Waals surface area contributed by atoms with E-state index < -0.39 is 0 Å². The van der Waals surface area contributed by atoms with Crippen LogP contribution in [0, 0.1) is 5.92 Å². The first-order chi connectivity index (χ1) is 5.78. The van der Waals surface area contributed by atoms with Crippen molar-refractivity contribution in [2.75, 3.05) is 13.2 Å². The van der Waals surface area contributed by atoms with Gasteiger partial charge in [-0.05, 0) is 31.6 Å². The summed E-state index contributed by atoms with van der Waals surface area (Å²) >= 11 is 0. The minimum atomic E-state index is -0.388. The minimum Gasteiger partial charge on any atom is -0.393 e. The molecule has 1 heterocycles. The Labute approximate surface area is 72.9 Å². The van der Waals surface area contributed by atoms with Gasteiger partial charge in [0, 0.05) is 12.6 Å². The first kappa shape index (κ1) is 8.48. The summed E-state index contributed by atoms with van der Waals surface area (Å²) in [6, 6.07) is 0.0602. The Bertz CT molecular complexity index is 162. The van der Waals surface area contributed by atoms with Crippen LogP contribution in [0.2, 0.25) is 0 Å². The molecule has 0 aromatic rings. The van der Waals surface area contributed by atoms with Crippen molar-refractivity contribution in [2.24, 2.45) is 11.7 Å². The normalized spacial score (nSPS) is 38.5. The molecule has 0 bridgehead atoms. The standard InChI is InChI=1S/C9H17NO2/c10-8(7-2-3-7)9(6-11)4-1-5-12-9/h7-8,11H,1-6,10H2/t8-,9-/m1/s1. The molecule has 0 unspecified atom stereocenters. The Morgan fingerprint density at radius 3 is 2.75 bits per heavy atom. The second-order valence-electron chi connectivity index (χ2n) is 4.04. The molecule has 0 aromatic carbocycles. The maximum atomic E-state index is 9.26. The summed E-state index contributed by atoms with van der Waals surface area (Å²) in [7, 11) is 0. The number of aliphatic hydroxyl groups is 1. The minimum absolute atomic E-state index is 0.0602. The quantitative estimate of drug-likeness (QED) is 0.640. The third-order valence-electron chi connectivity index (χ3n) is 3.14. The van der Waals surface area contributed by atoms with Crippen LogP contribution < -0.4 is 5.73 Å². The molecule has 3 N–H and O–H groups in total. The van der Waals surface area contributed by atoms with Gasteiger partial charge in [0.15, 0.2) is 0 Å². The van der Waals surface area contributed by atoms with Crippen LogP contribution in [0.5, 0.6) is 0 Å². The molecule has 2 fully saturated rings. The number of nitrogens with two attached hydrogens (primary N) is 1. The van der Waals surface area contributed by atoms with Gasteiger partial charge in [-0.3, -0.25) is 0 Å². The van der Waals surface area contributed by atoms with Gasteiger partial charge in [0.05, 0.1) is 6.61 Å². The van der Waals surface area contributed by atoms with Crippen LogP contribution in [0.15, 0.2) is 0 Å². The maximum Gasteiger partial charge on any atom is 0.106 e. The topological polar surface area (TPSA) is 55.5 Å². The summed E-state index contributed by atoms with van der Waals surface area (Å²) in [5, 5.41) is 9.26. The largest absolute Gasteiger partial charge is 0.393 e. The molecule has 0 amide bonds. The summed E-state index contributed by atoms with van der Waals surface area (Å²) in [6.07, 6.45) is 4.40. The lowest BCUT2D eigenvalue weighted by Gasteiger charge is -2.32. The molecule has 3 nitrogen and oxygen atoms in total. The fraction of sp³-hybridized carbons (Fsp3) is 1.00. The van der Waals surface area contributed by atoms with Crippen molar-refractivity contribution >= 4 is 0 Å². The zero-order chi connectivity index (χ0) is 8.60. The Hall–Kier alpha value is -0.120. The van der Waals surface area contributed by atoms with Crippen molar-refractivity contribution < 1.29 is 9.84 Å². The van der Waals surface area contributed by atoms with E-state index in [-0.39, 0.29) is 18.2 Å². The summed E-state index contributed by atoms with van der Waals surface area (Å²) in [5.74, 6) is 0.607. The van der Waals surface area contributed by atoms with Crippen molar-refractivity contribution in [3.63, 3.8) is 0 Å². The van der Waals surface area contributed by atoms with Gasteiger partial charge in [-0.15, -0.1) is 0 Å². The first-order valence-corrected chi connectivity index (χ1v) is 4.79. The molecule has 2 atom stereocenters. The van der Waals surface area contributed by atoms with Gasteiger partial charge in [0.25, 0.3) is 0 Å². The molecule has 2 aliphatic rings. The highest BCUT2D eigenvalue weighted by Crippen LogP contribution is 2.40. The molecule has 0 spiro atoms. The van der Waals surface area contributed by atoms with Crippen LogP contribution in [0.4, 0.5) is 0 Å². The predicted octanol–water partition coefficient (Wildman–Crippen LogP) is 0.265. The van der Waals surface area contributed by atoms with E-state index in [1.54, 1.807) is 0 Å². The van der Waals surface area contributed by atoms with Crippen LogP contribution in [0.3, 0.4) is 0 Å². The molecule has 1 aliphatic carbocycles. The fourth-order valence-electron chi connectivity index (χ4n) is 2.10. The number of rotatable bonds is 3. The second kappa shape index (κ2) is 2.98. The summed E-state index contributed by atoms with van der Waals surface area (Å²) in [4.78, 5) is 0. The van der Waals surface area contributed by atoms with Crippen LogP contribution in [-0.4, -0.2) is 30.0 Å². The first-order valence-electron chi connectivity index (χ1n) is 4.79. The highest BCUT2D eigenvalue weighted by Gasteiger charge is 2.47. The number of aliphatic hydroxyl groups excluding tert-OH is 1. The molecule has 1 saturated heterocycles. The Kier molecular flexibility index (Phi) is 2.10. The van der Waals surface area contributed by atoms with Crippen LogP contribution in [-0.2, 0) is 4.74 Å². The Morgan fingerprint density at radius 1 is 1.58 bits per heavy atom. The lowest BCUT2D eigenvalue weighted by molar-refractivity contribution is -0.0603.